The molecule has 4 nitrogen and oxygen atoms in total. The van der Waals surface area contributed by atoms with E-state index < -0.39 is 0 Å². The standard InChI is InChI=1S/C15H13N3O/c1-19-13-8-6-12(7-9-13)10-17-18-11-16-14-4-2-3-5-15(14)18/h2-11H,1H3/b17-10+. The fourth-order valence-electron chi connectivity index (χ4n) is 1.86. The summed E-state index contributed by atoms with van der Waals surface area (Å²) in [6, 6.07) is 15.6. The van der Waals surface area contributed by atoms with Crippen molar-refractivity contribution in [1.82, 2.24) is 9.66 Å². The Bertz CT molecular complexity index is 714. The van der Waals surface area contributed by atoms with Crippen molar-refractivity contribution in [3.05, 3.63) is 60.4 Å². The van der Waals surface area contributed by atoms with Gasteiger partial charge in [-0.25, -0.2) is 9.66 Å². The average Bonchev–Trinajstić information content (AvgIpc) is 2.89. The van der Waals surface area contributed by atoms with Gasteiger partial charge in [-0.1, -0.05) is 12.1 Å². The van der Waals surface area contributed by atoms with Crippen LogP contribution < -0.4 is 4.74 Å². The molecule has 0 atom stereocenters. The molecule has 0 saturated carbocycles. The first-order valence-corrected chi connectivity index (χ1v) is 5.97. The number of fused-ring (bicyclic) bond motifs is 1. The largest absolute Gasteiger partial charge is 0.497 e. The molecular formula is C15H13N3O. The maximum absolute atomic E-state index is 5.12. The minimum atomic E-state index is 0.838. The van der Waals surface area contributed by atoms with Gasteiger partial charge in [0.25, 0.3) is 0 Å². The number of benzene rings is 2. The summed E-state index contributed by atoms with van der Waals surface area (Å²) < 4.78 is 6.88. The molecule has 0 unspecified atom stereocenters. The summed E-state index contributed by atoms with van der Waals surface area (Å²) >= 11 is 0. The third kappa shape index (κ3) is 2.33. The Morgan fingerprint density at radius 1 is 1.11 bits per heavy atom. The number of nitrogens with zero attached hydrogens (tertiary/aromatic N) is 3. The van der Waals surface area contributed by atoms with Gasteiger partial charge in [0.2, 0.25) is 0 Å². The van der Waals surface area contributed by atoms with E-state index in [1.54, 1.807) is 24.3 Å². The lowest BCUT2D eigenvalue weighted by Gasteiger charge is -1.99. The molecule has 19 heavy (non-hydrogen) atoms. The first kappa shape index (κ1) is 11.5. The highest BCUT2D eigenvalue weighted by molar-refractivity contribution is 5.81. The van der Waals surface area contributed by atoms with E-state index >= 15 is 0 Å². The van der Waals surface area contributed by atoms with Crippen molar-refractivity contribution in [2.75, 3.05) is 7.11 Å². The van der Waals surface area contributed by atoms with Crippen LogP contribution in [0.3, 0.4) is 0 Å². The molecule has 0 bridgehead atoms. The zero-order valence-corrected chi connectivity index (χ0v) is 10.5. The van der Waals surface area contributed by atoms with Gasteiger partial charge < -0.3 is 4.74 Å². The zero-order chi connectivity index (χ0) is 13.1. The number of hydrogen-bond donors (Lipinski definition) is 0. The molecule has 0 N–H and O–H groups in total. The van der Waals surface area contributed by atoms with Crippen LogP contribution in [-0.4, -0.2) is 23.0 Å². The lowest BCUT2D eigenvalue weighted by atomic mass is 10.2. The number of para-hydroxylation sites is 2. The first-order valence-electron chi connectivity index (χ1n) is 5.97. The summed E-state index contributed by atoms with van der Waals surface area (Å²) in [5.41, 5.74) is 2.94. The van der Waals surface area contributed by atoms with Crippen LogP contribution in [0.1, 0.15) is 5.56 Å². The molecule has 0 spiro atoms. The first-order chi connectivity index (χ1) is 9.36. The normalized spacial score (nSPS) is 11.2. The molecule has 1 heterocycles. The van der Waals surface area contributed by atoms with Crippen LogP contribution in [0, 0.1) is 0 Å². The Morgan fingerprint density at radius 3 is 2.68 bits per heavy atom. The van der Waals surface area contributed by atoms with Gasteiger partial charge in [0, 0.05) is 0 Å². The van der Waals surface area contributed by atoms with Crippen LogP contribution in [-0.2, 0) is 0 Å². The Balaban J connectivity index is 1.89. The smallest absolute Gasteiger partial charge is 0.118 e. The van der Waals surface area contributed by atoms with E-state index in [0.29, 0.717) is 0 Å². The second-order valence-corrected chi connectivity index (χ2v) is 4.10. The van der Waals surface area contributed by atoms with Gasteiger partial charge in [-0.3, -0.25) is 0 Å². The van der Waals surface area contributed by atoms with E-state index in [4.69, 9.17) is 4.74 Å². The highest BCUT2D eigenvalue weighted by Gasteiger charge is 1.98. The topological polar surface area (TPSA) is 39.4 Å². The van der Waals surface area contributed by atoms with E-state index in [2.05, 4.69) is 10.1 Å². The van der Waals surface area contributed by atoms with Gasteiger partial charge in [-0.15, -0.1) is 0 Å². The summed E-state index contributed by atoms with van der Waals surface area (Å²) in [5.74, 6) is 0.838. The highest BCUT2D eigenvalue weighted by Crippen LogP contribution is 2.12. The number of imidazole rings is 1. The minimum Gasteiger partial charge on any atom is -0.497 e. The number of rotatable bonds is 3. The van der Waals surface area contributed by atoms with Crippen LogP contribution >= 0.6 is 0 Å². The third-order valence-corrected chi connectivity index (χ3v) is 2.88. The van der Waals surface area contributed by atoms with Crippen LogP contribution in [0.15, 0.2) is 60.0 Å². The van der Waals surface area contributed by atoms with Crippen molar-refractivity contribution in [3.63, 3.8) is 0 Å². The van der Waals surface area contributed by atoms with Gasteiger partial charge in [0.15, 0.2) is 0 Å². The van der Waals surface area contributed by atoms with Crippen molar-refractivity contribution in [1.29, 1.82) is 0 Å². The van der Waals surface area contributed by atoms with E-state index in [1.165, 1.54) is 0 Å². The predicted octanol–water partition coefficient (Wildman–Crippen LogP) is 2.93. The van der Waals surface area contributed by atoms with Crippen LogP contribution in [0.2, 0.25) is 0 Å². The molecule has 4 heteroatoms. The number of methoxy groups -OCH3 is 1. The maximum Gasteiger partial charge on any atom is 0.118 e. The number of aromatic nitrogens is 2. The molecule has 0 saturated heterocycles. The molecule has 1 aromatic heterocycles. The molecule has 0 radical (unpaired) electrons. The van der Waals surface area contributed by atoms with E-state index in [-0.39, 0.29) is 0 Å². The zero-order valence-electron chi connectivity index (χ0n) is 10.5. The molecule has 3 aromatic rings. The van der Waals surface area contributed by atoms with Gasteiger partial charge in [0.1, 0.15) is 12.1 Å². The van der Waals surface area contributed by atoms with Crippen molar-refractivity contribution in [3.8, 4) is 5.75 Å². The Hall–Kier alpha value is -2.62. The predicted molar refractivity (Wildman–Crippen MR) is 75.7 cm³/mol. The molecule has 0 aliphatic heterocycles. The fourth-order valence-corrected chi connectivity index (χ4v) is 1.86. The quantitative estimate of drug-likeness (QED) is 0.671. The molecule has 0 aliphatic rings. The van der Waals surface area contributed by atoms with Gasteiger partial charge in [-0.2, -0.15) is 5.10 Å². The lowest BCUT2D eigenvalue weighted by Crippen LogP contribution is -1.89. The van der Waals surface area contributed by atoms with Crippen molar-refractivity contribution in [2.45, 2.75) is 0 Å². The maximum atomic E-state index is 5.12. The fraction of sp³-hybridized carbons (Fsp3) is 0.0667. The minimum absolute atomic E-state index is 0.838. The third-order valence-electron chi connectivity index (χ3n) is 2.88. The SMILES string of the molecule is COc1ccc(/C=N/n2cnc3ccccc32)cc1. The van der Waals surface area contributed by atoms with Crippen molar-refractivity contribution < 1.29 is 4.74 Å². The van der Waals surface area contributed by atoms with Crippen molar-refractivity contribution >= 4 is 17.2 Å². The average molecular weight is 251 g/mol. The molecule has 0 aliphatic carbocycles. The van der Waals surface area contributed by atoms with Crippen LogP contribution in [0.5, 0.6) is 5.75 Å². The monoisotopic (exact) mass is 251 g/mol. The second-order valence-electron chi connectivity index (χ2n) is 4.10. The molecule has 94 valence electrons. The van der Waals surface area contributed by atoms with Crippen LogP contribution in [0.25, 0.3) is 11.0 Å². The van der Waals surface area contributed by atoms with Crippen LogP contribution in [0.4, 0.5) is 0 Å². The number of hydrogen-bond acceptors (Lipinski definition) is 3. The molecule has 0 amide bonds. The van der Waals surface area contributed by atoms with E-state index in [0.717, 1.165) is 22.3 Å². The van der Waals surface area contributed by atoms with E-state index in [9.17, 15) is 0 Å². The number of ether oxygens (including phenoxy) is 1. The molecule has 0 fully saturated rings. The summed E-state index contributed by atoms with van der Waals surface area (Å²) in [7, 11) is 1.65. The summed E-state index contributed by atoms with van der Waals surface area (Å²) in [6.07, 6.45) is 3.51. The lowest BCUT2D eigenvalue weighted by molar-refractivity contribution is 0.415. The van der Waals surface area contributed by atoms with Gasteiger partial charge in [-0.05, 0) is 42.0 Å². The van der Waals surface area contributed by atoms with Gasteiger partial charge >= 0.3 is 0 Å². The summed E-state index contributed by atoms with van der Waals surface area (Å²) in [5, 5.41) is 4.41. The summed E-state index contributed by atoms with van der Waals surface area (Å²) in [4.78, 5) is 4.29. The Kier molecular flexibility index (Phi) is 2.98. The van der Waals surface area contributed by atoms with Gasteiger partial charge in [0.05, 0.1) is 24.4 Å². The van der Waals surface area contributed by atoms with Crippen molar-refractivity contribution in [2.24, 2.45) is 5.10 Å². The second kappa shape index (κ2) is 4.94. The highest BCUT2D eigenvalue weighted by atomic mass is 16.5. The molecule has 3 rings (SSSR count). The Morgan fingerprint density at radius 2 is 1.89 bits per heavy atom. The Labute approximate surface area is 111 Å². The van der Waals surface area contributed by atoms with E-state index in [1.807, 2.05) is 48.5 Å². The molecular weight excluding hydrogens is 238 g/mol. The summed E-state index contributed by atoms with van der Waals surface area (Å²) in [6.45, 7) is 0. The molecule has 2 aromatic carbocycles.